The summed E-state index contributed by atoms with van der Waals surface area (Å²) in [5.41, 5.74) is 0. The summed E-state index contributed by atoms with van der Waals surface area (Å²) in [6.07, 6.45) is -2.89. The van der Waals surface area contributed by atoms with Gasteiger partial charge in [0.25, 0.3) is 0 Å². The second-order valence-corrected chi connectivity index (χ2v) is 5.01. The fourth-order valence-electron chi connectivity index (χ4n) is 2.19. The molecule has 2 rings (SSSR count). The van der Waals surface area contributed by atoms with Crippen LogP contribution in [-0.2, 0) is 9.47 Å². The maximum atomic E-state index is 9.09. The van der Waals surface area contributed by atoms with E-state index in [9.17, 15) is 0 Å². The molecule has 0 spiro atoms. The van der Waals surface area contributed by atoms with Crippen molar-refractivity contribution in [3.05, 3.63) is 0 Å². The molecule has 7 nitrogen and oxygen atoms in total. The Hall–Kier alpha value is -0.280. The van der Waals surface area contributed by atoms with Crippen molar-refractivity contribution in [2.24, 2.45) is 0 Å². The van der Waals surface area contributed by atoms with Gasteiger partial charge in [-0.2, -0.15) is 0 Å². The Labute approximate surface area is 112 Å². The molecule has 2 heterocycles. The van der Waals surface area contributed by atoms with Crippen LogP contribution in [0.5, 0.6) is 0 Å². The lowest BCUT2D eigenvalue weighted by atomic mass is 10.1. The van der Waals surface area contributed by atoms with Crippen LogP contribution in [0.1, 0.15) is 20.3 Å². The van der Waals surface area contributed by atoms with Crippen LogP contribution in [0.25, 0.3) is 0 Å². The minimum atomic E-state index is -0.944. The predicted molar refractivity (Wildman–Crippen MR) is 65.5 cm³/mol. The molecular weight excluding hydrogens is 256 g/mol. The van der Waals surface area contributed by atoms with Crippen molar-refractivity contribution in [3.8, 4) is 0 Å². The highest BCUT2D eigenvalue weighted by Crippen LogP contribution is 2.20. The van der Waals surface area contributed by atoms with Crippen LogP contribution in [0.4, 0.5) is 0 Å². The summed E-state index contributed by atoms with van der Waals surface area (Å²) in [5.74, 6) is 0. The van der Waals surface area contributed by atoms with Gasteiger partial charge in [0.05, 0.1) is 31.5 Å². The van der Waals surface area contributed by atoms with E-state index in [1.807, 2.05) is 6.92 Å². The summed E-state index contributed by atoms with van der Waals surface area (Å²) >= 11 is 0. The lowest BCUT2D eigenvalue weighted by molar-refractivity contribution is -0.0171. The molecule has 114 valence electrons. The molecule has 2 aliphatic heterocycles. The summed E-state index contributed by atoms with van der Waals surface area (Å²) in [5, 5.41) is 44.4. The minimum Gasteiger partial charge on any atom is -0.394 e. The van der Waals surface area contributed by atoms with E-state index in [0.717, 1.165) is 0 Å². The van der Waals surface area contributed by atoms with Gasteiger partial charge in [-0.15, -0.1) is 0 Å². The van der Waals surface area contributed by atoms with Crippen molar-refractivity contribution in [1.29, 1.82) is 0 Å². The molecule has 0 aliphatic carbocycles. The second kappa shape index (κ2) is 7.49. The average Bonchev–Trinajstić information content (AvgIpc) is 2.83. The maximum absolute atomic E-state index is 9.09. The van der Waals surface area contributed by atoms with Crippen LogP contribution in [0.15, 0.2) is 0 Å². The van der Waals surface area contributed by atoms with E-state index in [-0.39, 0.29) is 31.5 Å². The minimum absolute atomic E-state index is 0.0779. The molecule has 2 aliphatic rings. The average molecular weight is 280 g/mol. The SMILES string of the molecule is C[C@@H]1O[C@H](CO)C(O)[C@@H]1O.C[C@H]1CC(O)[C@@H](CO)O1. The molecule has 7 heteroatoms. The van der Waals surface area contributed by atoms with E-state index < -0.39 is 24.4 Å². The van der Waals surface area contributed by atoms with Gasteiger partial charge in [0.2, 0.25) is 0 Å². The van der Waals surface area contributed by atoms with Gasteiger partial charge < -0.3 is 35.0 Å². The quantitative estimate of drug-likeness (QED) is 0.397. The van der Waals surface area contributed by atoms with Gasteiger partial charge in [-0.05, 0) is 13.8 Å². The summed E-state index contributed by atoms with van der Waals surface area (Å²) in [4.78, 5) is 0. The lowest BCUT2D eigenvalue weighted by Crippen LogP contribution is -2.33. The van der Waals surface area contributed by atoms with Crippen LogP contribution in [-0.4, -0.2) is 81.5 Å². The van der Waals surface area contributed by atoms with Gasteiger partial charge in [-0.3, -0.25) is 0 Å². The Morgan fingerprint density at radius 3 is 1.68 bits per heavy atom. The number of aliphatic hydroxyl groups is 5. The number of hydrogen-bond donors (Lipinski definition) is 5. The molecule has 7 atom stereocenters. The summed E-state index contributed by atoms with van der Waals surface area (Å²) in [7, 11) is 0. The summed E-state index contributed by atoms with van der Waals surface area (Å²) in [6.45, 7) is 3.22. The molecule has 0 aromatic heterocycles. The first kappa shape index (κ1) is 16.8. The van der Waals surface area contributed by atoms with Crippen molar-refractivity contribution in [2.75, 3.05) is 13.2 Å². The fraction of sp³-hybridized carbons (Fsp3) is 1.00. The Kier molecular flexibility index (Phi) is 6.61. The van der Waals surface area contributed by atoms with E-state index in [1.165, 1.54) is 0 Å². The van der Waals surface area contributed by atoms with E-state index in [1.54, 1.807) is 6.92 Å². The molecule has 0 bridgehead atoms. The molecule has 5 N–H and O–H groups in total. The van der Waals surface area contributed by atoms with Gasteiger partial charge in [-0.25, -0.2) is 0 Å². The van der Waals surface area contributed by atoms with Gasteiger partial charge in [0.15, 0.2) is 0 Å². The van der Waals surface area contributed by atoms with Gasteiger partial charge in [0, 0.05) is 6.42 Å². The molecule has 0 radical (unpaired) electrons. The highest BCUT2D eigenvalue weighted by Gasteiger charge is 2.39. The molecular formula is C12H24O7. The first-order valence-electron chi connectivity index (χ1n) is 6.47. The monoisotopic (exact) mass is 280 g/mol. The molecule has 2 saturated heterocycles. The van der Waals surface area contributed by atoms with Gasteiger partial charge in [-0.1, -0.05) is 0 Å². The smallest absolute Gasteiger partial charge is 0.111 e. The van der Waals surface area contributed by atoms with Crippen molar-refractivity contribution >= 4 is 0 Å². The van der Waals surface area contributed by atoms with Crippen LogP contribution in [0.2, 0.25) is 0 Å². The third kappa shape index (κ3) is 4.35. The first-order valence-corrected chi connectivity index (χ1v) is 6.47. The first-order chi connectivity index (χ1) is 8.90. The third-order valence-electron chi connectivity index (χ3n) is 3.37. The van der Waals surface area contributed by atoms with E-state index >= 15 is 0 Å². The van der Waals surface area contributed by atoms with Crippen LogP contribution in [0.3, 0.4) is 0 Å². The van der Waals surface area contributed by atoms with E-state index in [4.69, 9.17) is 35.0 Å². The lowest BCUT2D eigenvalue weighted by Gasteiger charge is -2.10. The largest absolute Gasteiger partial charge is 0.394 e. The third-order valence-corrected chi connectivity index (χ3v) is 3.37. The zero-order valence-corrected chi connectivity index (χ0v) is 11.2. The zero-order valence-electron chi connectivity index (χ0n) is 11.2. The van der Waals surface area contributed by atoms with Crippen molar-refractivity contribution in [1.82, 2.24) is 0 Å². The molecule has 2 fully saturated rings. The second-order valence-electron chi connectivity index (χ2n) is 5.01. The number of rotatable bonds is 2. The number of ether oxygens (including phenoxy) is 2. The molecule has 0 saturated carbocycles. The van der Waals surface area contributed by atoms with Crippen LogP contribution in [0, 0.1) is 0 Å². The topological polar surface area (TPSA) is 120 Å². The Morgan fingerprint density at radius 1 is 0.895 bits per heavy atom. The van der Waals surface area contributed by atoms with Crippen molar-refractivity contribution in [2.45, 2.75) is 63.0 Å². The molecule has 19 heavy (non-hydrogen) atoms. The highest BCUT2D eigenvalue weighted by molar-refractivity contribution is 4.87. The van der Waals surface area contributed by atoms with Gasteiger partial charge in [0.1, 0.15) is 24.4 Å². The van der Waals surface area contributed by atoms with E-state index in [2.05, 4.69) is 0 Å². The van der Waals surface area contributed by atoms with Gasteiger partial charge >= 0.3 is 0 Å². The normalized spacial score (nSPS) is 45.9. The summed E-state index contributed by atoms with van der Waals surface area (Å²) < 4.78 is 10.1. The van der Waals surface area contributed by atoms with Crippen LogP contribution >= 0.6 is 0 Å². The van der Waals surface area contributed by atoms with E-state index in [0.29, 0.717) is 6.42 Å². The summed E-state index contributed by atoms with van der Waals surface area (Å²) in [6, 6.07) is 0. The molecule has 2 unspecified atom stereocenters. The Morgan fingerprint density at radius 2 is 1.47 bits per heavy atom. The highest BCUT2D eigenvalue weighted by atomic mass is 16.6. The fourth-order valence-corrected chi connectivity index (χ4v) is 2.19. The maximum Gasteiger partial charge on any atom is 0.111 e. The molecule has 0 aromatic carbocycles. The Bertz CT molecular complexity index is 262. The Balaban J connectivity index is 0.000000191. The zero-order chi connectivity index (χ0) is 14.6. The van der Waals surface area contributed by atoms with Crippen molar-refractivity contribution < 1.29 is 35.0 Å². The van der Waals surface area contributed by atoms with Crippen LogP contribution < -0.4 is 0 Å². The predicted octanol–water partition coefficient (Wildman–Crippen LogP) is -2.00. The molecule has 0 aromatic rings. The van der Waals surface area contributed by atoms with Crippen molar-refractivity contribution in [3.63, 3.8) is 0 Å². The number of aliphatic hydroxyl groups excluding tert-OH is 5. The number of hydrogen-bond acceptors (Lipinski definition) is 7. The standard InChI is InChI=1S/C6H12O4.C6H12O3/c1-3-5(8)6(9)4(2-7)10-3;1-4-2-5(8)6(3-7)9-4/h3-9H,2H2,1H3;4-8H,2-3H2,1H3/t3-,4+,5+,6?;4-,5?,6+/m00/s1. The molecule has 0 amide bonds.